The van der Waals surface area contributed by atoms with E-state index in [1.54, 1.807) is 24.3 Å². The lowest BCUT2D eigenvalue weighted by Gasteiger charge is -2.29. The van der Waals surface area contributed by atoms with Gasteiger partial charge in [-0.2, -0.15) is 0 Å². The number of nitrogens with zero attached hydrogens (tertiary/aromatic N) is 1. The van der Waals surface area contributed by atoms with Gasteiger partial charge in [0.05, 0.1) is 10.7 Å². The second-order valence-corrected chi connectivity index (χ2v) is 6.99. The molecule has 0 bridgehead atoms. The van der Waals surface area contributed by atoms with E-state index in [2.05, 4.69) is 5.32 Å². The summed E-state index contributed by atoms with van der Waals surface area (Å²) in [5.41, 5.74) is 0.219. The Morgan fingerprint density at radius 1 is 1.21 bits per heavy atom. The fraction of sp³-hybridized carbons (Fsp3) is 0. The first kappa shape index (κ1) is 17.4. The van der Waals surface area contributed by atoms with Gasteiger partial charge in [0.2, 0.25) is 0 Å². The van der Waals surface area contributed by atoms with Gasteiger partial charge in [0.15, 0.2) is 8.88 Å². The van der Waals surface area contributed by atoms with Gasteiger partial charge in [-0.15, -0.1) is 0 Å². The molecule has 122 valence electrons. The third-order valence-corrected chi connectivity index (χ3v) is 4.54. The number of hydrogen-bond acceptors (Lipinski definition) is 4. The van der Waals surface area contributed by atoms with Crippen LogP contribution in [0.4, 0.5) is 5.69 Å². The lowest BCUT2D eigenvalue weighted by atomic mass is 10.1. The molecule has 0 atom stereocenters. The van der Waals surface area contributed by atoms with E-state index in [1.165, 1.54) is 12.1 Å². The fourth-order valence-corrected chi connectivity index (χ4v) is 3.29. The fourth-order valence-electron chi connectivity index (χ4n) is 2.09. The smallest absolute Gasteiger partial charge is 0.270 e. The zero-order chi connectivity index (χ0) is 17.4. The topological polar surface area (TPSA) is 62.6 Å². The second-order valence-electron chi connectivity index (χ2n) is 4.70. The van der Waals surface area contributed by atoms with Gasteiger partial charge < -0.3 is 4.42 Å². The number of carbonyl (C=O) groups is 2. The summed E-state index contributed by atoms with van der Waals surface area (Å²) in [7, 11) is 0. The van der Waals surface area contributed by atoms with Gasteiger partial charge >= 0.3 is 0 Å². The van der Waals surface area contributed by atoms with E-state index in [1.807, 2.05) is 22.6 Å². The Balaban J connectivity index is 2.04. The summed E-state index contributed by atoms with van der Waals surface area (Å²) < 4.78 is 6.01. The average molecular weight is 493 g/mol. The molecule has 2 heterocycles. The highest BCUT2D eigenvalue weighted by Gasteiger charge is 2.35. The molecule has 0 radical (unpaired) electrons. The van der Waals surface area contributed by atoms with Crippen LogP contribution in [0.25, 0.3) is 6.08 Å². The van der Waals surface area contributed by atoms with Gasteiger partial charge in [0.25, 0.3) is 11.8 Å². The van der Waals surface area contributed by atoms with Gasteiger partial charge in [-0.3, -0.25) is 19.8 Å². The molecule has 0 saturated carbocycles. The highest BCUT2D eigenvalue weighted by Crippen LogP contribution is 2.31. The molecule has 5 nitrogen and oxygen atoms in total. The zero-order valence-corrected chi connectivity index (χ0v) is 16.2. The number of anilines is 1. The number of hydrogen-bond donors (Lipinski definition) is 1. The van der Waals surface area contributed by atoms with Crippen LogP contribution in [0.2, 0.25) is 10.0 Å². The average Bonchev–Trinajstić information content (AvgIpc) is 2.91. The minimum atomic E-state index is -0.599. The highest BCUT2D eigenvalue weighted by atomic mass is 127. The standard InChI is InChI=1S/C15H7Cl2IN2O3S/c16-7-1-3-11(10(17)5-7)20-14(22)9(13(21)19-15(20)24)6-8-2-4-12(18)23-8/h1-6H,(H,19,21,24)/b9-6+. The number of rotatable bonds is 2. The van der Waals surface area contributed by atoms with Crippen molar-refractivity contribution in [1.82, 2.24) is 5.32 Å². The van der Waals surface area contributed by atoms with Crippen LogP contribution in [0, 0.1) is 3.77 Å². The molecule has 0 unspecified atom stereocenters. The monoisotopic (exact) mass is 492 g/mol. The van der Waals surface area contributed by atoms with E-state index in [0.717, 1.165) is 4.90 Å². The molecule has 1 aromatic heterocycles. The molecular formula is C15H7Cl2IN2O3S. The minimum Gasteiger partial charge on any atom is -0.451 e. The molecule has 1 aliphatic heterocycles. The summed E-state index contributed by atoms with van der Waals surface area (Å²) >= 11 is 19.1. The number of benzene rings is 1. The Kier molecular flexibility index (Phi) is 4.95. The van der Waals surface area contributed by atoms with Gasteiger partial charge in [-0.25, -0.2) is 0 Å². The quantitative estimate of drug-likeness (QED) is 0.297. The molecule has 24 heavy (non-hydrogen) atoms. The maximum Gasteiger partial charge on any atom is 0.270 e. The predicted molar refractivity (Wildman–Crippen MR) is 104 cm³/mol. The third-order valence-electron chi connectivity index (χ3n) is 3.13. The molecular weight excluding hydrogens is 486 g/mol. The van der Waals surface area contributed by atoms with E-state index in [0.29, 0.717) is 20.2 Å². The van der Waals surface area contributed by atoms with Crippen LogP contribution in [-0.2, 0) is 9.59 Å². The van der Waals surface area contributed by atoms with Crippen LogP contribution in [-0.4, -0.2) is 16.9 Å². The Bertz CT molecular complexity index is 910. The van der Waals surface area contributed by atoms with Crippen molar-refractivity contribution in [2.75, 3.05) is 4.90 Å². The van der Waals surface area contributed by atoms with Crippen molar-refractivity contribution in [3.63, 3.8) is 0 Å². The first-order chi connectivity index (χ1) is 11.4. The van der Waals surface area contributed by atoms with Crippen LogP contribution < -0.4 is 10.2 Å². The molecule has 1 aromatic carbocycles. The van der Waals surface area contributed by atoms with Crippen molar-refractivity contribution < 1.29 is 14.0 Å². The predicted octanol–water partition coefficient (Wildman–Crippen LogP) is 4.02. The van der Waals surface area contributed by atoms with Crippen molar-refractivity contribution in [2.24, 2.45) is 0 Å². The number of amides is 2. The minimum absolute atomic E-state index is 0.0552. The van der Waals surface area contributed by atoms with Crippen molar-refractivity contribution >= 4 is 86.7 Å². The van der Waals surface area contributed by atoms with Crippen LogP contribution in [0.1, 0.15) is 5.76 Å². The Hall–Kier alpha value is -1.42. The molecule has 3 rings (SSSR count). The first-order valence-corrected chi connectivity index (χ1v) is 8.73. The van der Waals surface area contributed by atoms with E-state index in [4.69, 9.17) is 39.8 Å². The lowest BCUT2D eigenvalue weighted by Crippen LogP contribution is -2.54. The van der Waals surface area contributed by atoms with E-state index in [9.17, 15) is 9.59 Å². The van der Waals surface area contributed by atoms with Crippen molar-refractivity contribution in [2.45, 2.75) is 0 Å². The Labute approximate surface area is 165 Å². The van der Waals surface area contributed by atoms with Crippen LogP contribution >= 0.6 is 58.0 Å². The SMILES string of the molecule is O=C1NC(=S)N(c2ccc(Cl)cc2Cl)C(=O)/C1=C/c1ccc(I)o1. The summed E-state index contributed by atoms with van der Waals surface area (Å²) in [4.78, 5) is 26.0. The van der Waals surface area contributed by atoms with Gasteiger partial charge in [0, 0.05) is 5.02 Å². The summed E-state index contributed by atoms with van der Waals surface area (Å²) in [6.45, 7) is 0. The van der Waals surface area contributed by atoms with Gasteiger partial charge in [-0.1, -0.05) is 23.2 Å². The Morgan fingerprint density at radius 2 is 1.96 bits per heavy atom. The van der Waals surface area contributed by atoms with Gasteiger partial charge in [0.1, 0.15) is 11.3 Å². The van der Waals surface area contributed by atoms with E-state index in [-0.39, 0.29) is 15.7 Å². The molecule has 0 aliphatic carbocycles. The van der Waals surface area contributed by atoms with Crippen LogP contribution in [0.3, 0.4) is 0 Å². The highest BCUT2D eigenvalue weighted by molar-refractivity contribution is 14.1. The van der Waals surface area contributed by atoms with Gasteiger partial charge in [-0.05, 0) is 71.2 Å². The maximum absolute atomic E-state index is 12.8. The van der Waals surface area contributed by atoms with Crippen molar-refractivity contribution in [3.8, 4) is 0 Å². The number of halogens is 3. The molecule has 1 N–H and O–H groups in total. The van der Waals surface area contributed by atoms with E-state index >= 15 is 0 Å². The second kappa shape index (κ2) is 6.83. The largest absolute Gasteiger partial charge is 0.451 e. The molecule has 2 aromatic rings. The number of furan rings is 1. The summed E-state index contributed by atoms with van der Waals surface area (Å²) in [6.07, 6.45) is 1.36. The number of nitrogens with one attached hydrogen (secondary N) is 1. The molecule has 2 amide bonds. The summed E-state index contributed by atoms with van der Waals surface area (Å²) in [5.74, 6) is -0.815. The van der Waals surface area contributed by atoms with Crippen molar-refractivity contribution in [1.29, 1.82) is 0 Å². The summed E-state index contributed by atoms with van der Waals surface area (Å²) in [5, 5.41) is 3.07. The normalized spacial score (nSPS) is 16.7. The number of carbonyl (C=O) groups excluding carboxylic acids is 2. The zero-order valence-electron chi connectivity index (χ0n) is 11.7. The number of thiocarbonyl (C=S) groups is 1. The first-order valence-electron chi connectivity index (χ1n) is 6.48. The molecule has 0 spiro atoms. The Morgan fingerprint density at radius 3 is 2.58 bits per heavy atom. The summed E-state index contributed by atoms with van der Waals surface area (Å²) in [6, 6.07) is 7.99. The molecule has 1 saturated heterocycles. The van der Waals surface area contributed by atoms with Crippen LogP contribution in [0.5, 0.6) is 0 Å². The maximum atomic E-state index is 12.8. The molecule has 1 fully saturated rings. The lowest BCUT2D eigenvalue weighted by molar-refractivity contribution is -0.122. The van der Waals surface area contributed by atoms with E-state index < -0.39 is 11.8 Å². The molecule has 1 aliphatic rings. The van der Waals surface area contributed by atoms with Crippen LogP contribution in [0.15, 0.2) is 40.3 Å². The third kappa shape index (κ3) is 3.34. The molecule has 9 heteroatoms. The van der Waals surface area contributed by atoms with Crippen molar-refractivity contribution in [3.05, 3.63) is 55.5 Å².